The number of esters is 1. The van der Waals surface area contributed by atoms with E-state index in [2.05, 4.69) is 9.97 Å². The number of aliphatic hydroxyl groups excluding tert-OH is 1. The lowest BCUT2D eigenvalue weighted by Gasteiger charge is -2.29. The lowest BCUT2D eigenvalue weighted by molar-refractivity contribution is 0.0524. The van der Waals surface area contributed by atoms with Gasteiger partial charge in [-0.2, -0.15) is 0 Å². The minimum atomic E-state index is -0.455. The van der Waals surface area contributed by atoms with Crippen molar-refractivity contribution < 1.29 is 14.6 Å². The molecule has 1 N–H and O–H groups in total. The van der Waals surface area contributed by atoms with E-state index in [1.165, 1.54) is 6.20 Å². The molecular weight excluding hydrogens is 282 g/mol. The van der Waals surface area contributed by atoms with Crippen molar-refractivity contribution >= 4 is 23.5 Å². The van der Waals surface area contributed by atoms with Gasteiger partial charge in [0.2, 0.25) is 5.95 Å². The second kappa shape index (κ2) is 6.85. The maximum absolute atomic E-state index is 11.7. The summed E-state index contributed by atoms with van der Waals surface area (Å²) in [7, 11) is 0. The minimum absolute atomic E-state index is 0.125. The average Bonchev–Trinajstić information content (AvgIpc) is 2.47. The summed E-state index contributed by atoms with van der Waals surface area (Å²) in [6, 6.07) is 0. The Balaban J connectivity index is 2.18. The van der Waals surface area contributed by atoms with Gasteiger partial charge in [-0.3, -0.25) is 0 Å². The second-order valence-corrected chi connectivity index (χ2v) is 4.87. The number of piperidine rings is 1. The molecule has 0 bridgehead atoms. The third-order valence-electron chi connectivity index (χ3n) is 3.22. The highest BCUT2D eigenvalue weighted by Gasteiger charge is 2.21. The Morgan fingerprint density at radius 2 is 2.25 bits per heavy atom. The maximum Gasteiger partial charge on any atom is 0.341 e. The number of alkyl halides is 1. The van der Waals surface area contributed by atoms with Crippen LogP contribution in [0.5, 0.6) is 0 Å². The summed E-state index contributed by atoms with van der Waals surface area (Å²) in [6.45, 7) is 3.43. The quantitative estimate of drug-likeness (QED) is 0.668. The van der Waals surface area contributed by atoms with Crippen molar-refractivity contribution in [3.63, 3.8) is 0 Å². The Kier molecular flexibility index (Phi) is 5.14. The van der Waals surface area contributed by atoms with E-state index in [9.17, 15) is 9.90 Å². The van der Waals surface area contributed by atoms with Crippen LogP contribution in [0.25, 0.3) is 0 Å². The number of hydrogen-bond donors (Lipinski definition) is 1. The first-order valence-corrected chi connectivity index (χ1v) is 7.21. The Morgan fingerprint density at radius 1 is 1.55 bits per heavy atom. The minimum Gasteiger partial charge on any atom is -0.462 e. The Hall–Kier alpha value is -1.40. The molecule has 0 radical (unpaired) electrons. The van der Waals surface area contributed by atoms with Crippen LogP contribution in [0, 0.1) is 0 Å². The molecule has 20 heavy (non-hydrogen) atoms. The van der Waals surface area contributed by atoms with Gasteiger partial charge < -0.3 is 14.7 Å². The highest BCUT2D eigenvalue weighted by Crippen LogP contribution is 2.19. The third kappa shape index (κ3) is 3.37. The highest BCUT2D eigenvalue weighted by atomic mass is 35.5. The molecule has 110 valence electrons. The predicted molar refractivity (Wildman–Crippen MR) is 75.0 cm³/mol. The molecule has 1 aliphatic rings. The topological polar surface area (TPSA) is 75.5 Å². The summed E-state index contributed by atoms with van der Waals surface area (Å²) < 4.78 is 4.95. The molecule has 0 amide bonds. The molecule has 0 saturated carbocycles. The molecule has 1 aromatic rings. The molecule has 0 aliphatic carbocycles. The Morgan fingerprint density at radius 3 is 2.85 bits per heavy atom. The smallest absolute Gasteiger partial charge is 0.341 e. The standard InChI is InChI=1S/C13H18ClN3O3/c1-2-20-12(19)10-8-15-13(16-11(10)7-14)17-5-3-9(18)4-6-17/h8-9,18H,2-7H2,1H3. The number of anilines is 1. The number of hydrogen-bond acceptors (Lipinski definition) is 6. The van der Waals surface area contributed by atoms with Gasteiger partial charge in [0, 0.05) is 19.3 Å². The van der Waals surface area contributed by atoms with Gasteiger partial charge in [0.05, 0.1) is 24.3 Å². The molecule has 6 nitrogen and oxygen atoms in total. The Bertz CT molecular complexity index is 476. The number of ether oxygens (including phenoxy) is 1. The average molecular weight is 300 g/mol. The normalized spacial score (nSPS) is 16.2. The van der Waals surface area contributed by atoms with Gasteiger partial charge in [0.1, 0.15) is 5.56 Å². The van der Waals surface area contributed by atoms with Crippen LogP contribution in [0.2, 0.25) is 0 Å². The maximum atomic E-state index is 11.7. The monoisotopic (exact) mass is 299 g/mol. The van der Waals surface area contributed by atoms with Gasteiger partial charge in [-0.25, -0.2) is 14.8 Å². The largest absolute Gasteiger partial charge is 0.462 e. The van der Waals surface area contributed by atoms with Crippen molar-refractivity contribution in [3.05, 3.63) is 17.5 Å². The summed E-state index contributed by atoms with van der Waals surface area (Å²) in [6.07, 6.45) is 2.60. The molecule has 2 heterocycles. The van der Waals surface area contributed by atoms with Crippen molar-refractivity contribution in [1.82, 2.24) is 9.97 Å². The van der Waals surface area contributed by atoms with E-state index in [4.69, 9.17) is 16.3 Å². The first-order chi connectivity index (χ1) is 9.65. The van der Waals surface area contributed by atoms with Crippen LogP contribution < -0.4 is 4.90 Å². The van der Waals surface area contributed by atoms with Crippen LogP contribution in [-0.2, 0) is 10.6 Å². The second-order valence-electron chi connectivity index (χ2n) is 4.60. The molecule has 1 saturated heterocycles. The van der Waals surface area contributed by atoms with E-state index >= 15 is 0 Å². The summed E-state index contributed by atoms with van der Waals surface area (Å²) in [5, 5.41) is 9.50. The van der Waals surface area contributed by atoms with Crippen LogP contribution >= 0.6 is 11.6 Å². The molecule has 2 rings (SSSR count). The van der Waals surface area contributed by atoms with Crippen LogP contribution in [0.4, 0.5) is 5.95 Å². The van der Waals surface area contributed by atoms with Gasteiger partial charge in [0.15, 0.2) is 0 Å². The molecule has 1 aromatic heterocycles. The van der Waals surface area contributed by atoms with E-state index in [1.54, 1.807) is 6.92 Å². The number of nitrogens with zero attached hydrogens (tertiary/aromatic N) is 3. The number of rotatable bonds is 4. The molecule has 0 spiro atoms. The fraction of sp³-hybridized carbons (Fsp3) is 0.615. The van der Waals surface area contributed by atoms with Crippen LogP contribution in [0.1, 0.15) is 35.8 Å². The lowest BCUT2D eigenvalue weighted by atomic mass is 10.1. The van der Waals surface area contributed by atoms with Gasteiger partial charge in [-0.15, -0.1) is 11.6 Å². The van der Waals surface area contributed by atoms with Gasteiger partial charge in [-0.1, -0.05) is 0 Å². The highest BCUT2D eigenvalue weighted by molar-refractivity contribution is 6.17. The first-order valence-electron chi connectivity index (χ1n) is 6.67. The van der Waals surface area contributed by atoms with E-state index < -0.39 is 5.97 Å². The number of halogens is 1. The third-order valence-corrected chi connectivity index (χ3v) is 3.48. The van der Waals surface area contributed by atoms with E-state index in [0.29, 0.717) is 49.7 Å². The summed E-state index contributed by atoms with van der Waals surface area (Å²) in [5.74, 6) is 0.213. The summed E-state index contributed by atoms with van der Waals surface area (Å²) in [5.41, 5.74) is 0.781. The number of carbonyl (C=O) groups is 1. The van der Waals surface area contributed by atoms with E-state index in [1.807, 2.05) is 4.90 Å². The van der Waals surface area contributed by atoms with Crippen molar-refractivity contribution in [1.29, 1.82) is 0 Å². The van der Waals surface area contributed by atoms with Crippen LogP contribution in [-0.4, -0.2) is 46.8 Å². The molecule has 0 aromatic carbocycles. The van der Waals surface area contributed by atoms with Crippen LogP contribution in [0.15, 0.2) is 6.20 Å². The van der Waals surface area contributed by atoms with E-state index in [0.717, 1.165) is 0 Å². The fourth-order valence-corrected chi connectivity index (χ4v) is 2.31. The first kappa shape index (κ1) is 15.0. The summed E-state index contributed by atoms with van der Waals surface area (Å²) >= 11 is 5.85. The van der Waals surface area contributed by atoms with Crippen molar-refractivity contribution in [3.8, 4) is 0 Å². The Labute approximate surface area is 122 Å². The number of carbonyl (C=O) groups excluding carboxylic acids is 1. The van der Waals surface area contributed by atoms with Gasteiger partial charge in [-0.05, 0) is 19.8 Å². The molecular formula is C13H18ClN3O3. The van der Waals surface area contributed by atoms with Gasteiger partial charge in [0.25, 0.3) is 0 Å². The van der Waals surface area contributed by atoms with Crippen molar-refractivity contribution in [2.24, 2.45) is 0 Å². The molecule has 0 atom stereocenters. The van der Waals surface area contributed by atoms with Crippen molar-refractivity contribution in [2.45, 2.75) is 31.7 Å². The molecule has 1 fully saturated rings. The van der Waals surface area contributed by atoms with Gasteiger partial charge >= 0.3 is 5.97 Å². The number of aliphatic hydroxyl groups is 1. The molecule has 0 unspecified atom stereocenters. The fourth-order valence-electron chi connectivity index (χ4n) is 2.11. The zero-order chi connectivity index (χ0) is 14.5. The van der Waals surface area contributed by atoms with Crippen molar-refractivity contribution in [2.75, 3.05) is 24.6 Å². The zero-order valence-corrected chi connectivity index (χ0v) is 12.1. The predicted octanol–water partition coefficient (Wildman–Crippen LogP) is 1.35. The molecule has 1 aliphatic heterocycles. The zero-order valence-electron chi connectivity index (χ0n) is 11.4. The van der Waals surface area contributed by atoms with Crippen LogP contribution in [0.3, 0.4) is 0 Å². The number of aromatic nitrogens is 2. The summed E-state index contributed by atoms with van der Waals surface area (Å²) in [4.78, 5) is 22.3. The SMILES string of the molecule is CCOC(=O)c1cnc(N2CCC(O)CC2)nc1CCl. The molecule has 7 heteroatoms. The van der Waals surface area contributed by atoms with E-state index in [-0.39, 0.29) is 12.0 Å². The lowest BCUT2D eigenvalue weighted by Crippen LogP contribution is -2.37.